The Labute approximate surface area is 181 Å². The Hall–Kier alpha value is -3.60. The van der Waals surface area contributed by atoms with Gasteiger partial charge >= 0.3 is 0 Å². The first-order valence-electron chi connectivity index (χ1n) is 10.7. The van der Waals surface area contributed by atoms with E-state index in [0.29, 0.717) is 30.6 Å². The summed E-state index contributed by atoms with van der Waals surface area (Å²) in [5.41, 5.74) is 4.23. The van der Waals surface area contributed by atoms with Crippen LogP contribution in [0, 0.1) is 0 Å². The van der Waals surface area contributed by atoms with Crippen molar-refractivity contribution < 1.29 is 14.0 Å². The van der Waals surface area contributed by atoms with Crippen molar-refractivity contribution in [3.63, 3.8) is 0 Å². The third kappa shape index (κ3) is 3.36. The summed E-state index contributed by atoms with van der Waals surface area (Å²) in [6, 6.07) is 20.9. The Balaban J connectivity index is 1.70. The molecule has 156 valence electrons. The number of ketones is 1. The number of anilines is 2. The van der Waals surface area contributed by atoms with Crippen LogP contribution in [0.15, 0.2) is 88.7 Å². The summed E-state index contributed by atoms with van der Waals surface area (Å²) in [6.45, 7) is 1.84. The number of nitrogens with one attached hydrogen (secondary N) is 1. The SMILES string of the molecule is CCC(=O)N1c2ccccc2NC2=C(C(=O)CC(c3ccccc3)C2)C1c1ccco1. The lowest BCUT2D eigenvalue weighted by Gasteiger charge is -2.33. The number of allylic oxidation sites excluding steroid dienone is 1. The summed E-state index contributed by atoms with van der Waals surface area (Å²) in [5, 5.41) is 3.52. The topological polar surface area (TPSA) is 62.6 Å². The molecular formula is C26H24N2O3. The molecule has 31 heavy (non-hydrogen) atoms. The molecule has 0 radical (unpaired) electrons. The molecule has 1 N–H and O–H groups in total. The van der Waals surface area contributed by atoms with Crippen LogP contribution < -0.4 is 10.2 Å². The number of rotatable bonds is 3. The van der Waals surface area contributed by atoms with E-state index in [9.17, 15) is 9.59 Å². The maximum absolute atomic E-state index is 13.6. The van der Waals surface area contributed by atoms with Crippen molar-refractivity contribution in [1.29, 1.82) is 0 Å². The number of hydrogen-bond donors (Lipinski definition) is 1. The number of benzene rings is 2. The van der Waals surface area contributed by atoms with Crippen molar-refractivity contribution in [3.8, 4) is 0 Å². The molecule has 2 aromatic carbocycles. The lowest BCUT2D eigenvalue weighted by molar-refractivity contribution is -0.119. The van der Waals surface area contributed by atoms with Crippen molar-refractivity contribution in [3.05, 3.63) is 95.6 Å². The summed E-state index contributed by atoms with van der Waals surface area (Å²) >= 11 is 0. The molecule has 0 saturated carbocycles. The van der Waals surface area contributed by atoms with Gasteiger partial charge in [-0.15, -0.1) is 0 Å². The number of carbonyl (C=O) groups is 2. The van der Waals surface area contributed by atoms with Crippen molar-refractivity contribution >= 4 is 23.1 Å². The van der Waals surface area contributed by atoms with Gasteiger partial charge in [-0.2, -0.15) is 0 Å². The number of fused-ring (bicyclic) bond motifs is 1. The molecule has 0 spiro atoms. The molecule has 1 aliphatic carbocycles. The molecule has 2 atom stereocenters. The second kappa shape index (κ2) is 7.91. The molecule has 0 saturated heterocycles. The highest BCUT2D eigenvalue weighted by Gasteiger charge is 2.42. The van der Waals surface area contributed by atoms with Crippen LogP contribution in [0.2, 0.25) is 0 Å². The predicted octanol–water partition coefficient (Wildman–Crippen LogP) is 5.59. The first kappa shape index (κ1) is 19.4. The molecule has 5 rings (SSSR count). The monoisotopic (exact) mass is 412 g/mol. The van der Waals surface area contributed by atoms with Gasteiger partial charge in [-0.05, 0) is 42.2 Å². The largest absolute Gasteiger partial charge is 0.467 e. The molecule has 0 bridgehead atoms. The third-order valence-electron chi connectivity index (χ3n) is 6.14. The van der Waals surface area contributed by atoms with Gasteiger partial charge in [0.2, 0.25) is 5.91 Å². The first-order chi connectivity index (χ1) is 15.2. The normalized spacial score (nSPS) is 20.5. The van der Waals surface area contributed by atoms with E-state index in [1.165, 1.54) is 0 Å². The zero-order chi connectivity index (χ0) is 21.4. The molecule has 0 fully saturated rings. The highest BCUT2D eigenvalue weighted by Crippen LogP contribution is 2.47. The fourth-order valence-electron chi connectivity index (χ4n) is 4.71. The number of para-hydroxylation sites is 2. The van der Waals surface area contributed by atoms with Gasteiger partial charge in [-0.25, -0.2) is 0 Å². The van der Waals surface area contributed by atoms with Crippen LogP contribution in [-0.2, 0) is 9.59 Å². The highest BCUT2D eigenvalue weighted by atomic mass is 16.3. The third-order valence-corrected chi connectivity index (χ3v) is 6.14. The second-order valence-electron chi connectivity index (χ2n) is 8.01. The summed E-state index contributed by atoms with van der Waals surface area (Å²) in [4.78, 5) is 28.5. The van der Waals surface area contributed by atoms with Gasteiger partial charge in [0.25, 0.3) is 0 Å². The summed E-state index contributed by atoms with van der Waals surface area (Å²) < 4.78 is 5.77. The molecule has 5 heteroatoms. The van der Waals surface area contributed by atoms with E-state index in [1.54, 1.807) is 17.2 Å². The number of hydrogen-bond acceptors (Lipinski definition) is 4. The van der Waals surface area contributed by atoms with Gasteiger partial charge in [0, 0.05) is 24.1 Å². The summed E-state index contributed by atoms with van der Waals surface area (Å²) in [6.07, 6.45) is 3.03. The standard InChI is InChI=1S/C26H24N2O3/c1-2-24(30)28-21-12-7-6-11-19(21)27-20-15-18(17-9-4-3-5-10-17)16-22(29)25(20)26(28)23-13-8-14-31-23/h3-14,18,26-27H,2,15-16H2,1H3. The smallest absolute Gasteiger partial charge is 0.227 e. The number of nitrogens with zero attached hydrogens (tertiary/aromatic N) is 1. The molecule has 1 amide bonds. The zero-order valence-corrected chi connectivity index (χ0v) is 17.4. The van der Waals surface area contributed by atoms with E-state index in [2.05, 4.69) is 17.4 Å². The van der Waals surface area contributed by atoms with Crippen LogP contribution >= 0.6 is 0 Å². The summed E-state index contributed by atoms with van der Waals surface area (Å²) in [7, 11) is 0. The first-order valence-corrected chi connectivity index (χ1v) is 10.7. The quantitative estimate of drug-likeness (QED) is 0.609. The van der Waals surface area contributed by atoms with Crippen LogP contribution in [0.4, 0.5) is 11.4 Å². The Morgan fingerprint density at radius 3 is 2.55 bits per heavy atom. The van der Waals surface area contributed by atoms with Gasteiger partial charge in [0.05, 0.1) is 17.6 Å². The maximum Gasteiger partial charge on any atom is 0.227 e. The van der Waals surface area contributed by atoms with Crippen LogP contribution in [0.3, 0.4) is 0 Å². The number of Topliss-reactive ketones (excluding diaryl/α,β-unsaturated/α-hetero) is 1. The number of amides is 1. The van der Waals surface area contributed by atoms with E-state index in [4.69, 9.17) is 4.42 Å². The minimum atomic E-state index is -0.585. The van der Waals surface area contributed by atoms with Crippen molar-refractivity contribution in [2.24, 2.45) is 0 Å². The van der Waals surface area contributed by atoms with Gasteiger partial charge in [-0.1, -0.05) is 49.4 Å². The molecular weight excluding hydrogens is 388 g/mol. The van der Waals surface area contributed by atoms with Gasteiger partial charge in [0.15, 0.2) is 5.78 Å². The minimum absolute atomic E-state index is 0.0470. The Kier molecular flexibility index (Phi) is 4.94. The average molecular weight is 412 g/mol. The van der Waals surface area contributed by atoms with E-state index in [0.717, 1.165) is 22.6 Å². The highest BCUT2D eigenvalue weighted by molar-refractivity contribution is 6.06. The molecule has 2 unspecified atom stereocenters. The Morgan fingerprint density at radius 1 is 1.03 bits per heavy atom. The lowest BCUT2D eigenvalue weighted by Crippen LogP contribution is -2.38. The van der Waals surface area contributed by atoms with Crippen molar-refractivity contribution in [2.75, 3.05) is 10.2 Å². The van der Waals surface area contributed by atoms with Gasteiger partial charge < -0.3 is 9.73 Å². The molecule has 1 aliphatic heterocycles. The van der Waals surface area contributed by atoms with Crippen molar-refractivity contribution in [2.45, 2.75) is 38.1 Å². The fraction of sp³-hybridized carbons (Fsp3) is 0.231. The Morgan fingerprint density at radius 2 is 1.81 bits per heavy atom. The van der Waals surface area contributed by atoms with E-state index in [-0.39, 0.29) is 17.6 Å². The Bertz CT molecular complexity index is 1150. The predicted molar refractivity (Wildman–Crippen MR) is 120 cm³/mol. The molecule has 2 aliphatic rings. The van der Waals surface area contributed by atoms with Crippen LogP contribution in [0.5, 0.6) is 0 Å². The second-order valence-corrected chi connectivity index (χ2v) is 8.01. The van der Waals surface area contributed by atoms with Crippen LogP contribution in [0.1, 0.15) is 49.5 Å². The van der Waals surface area contributed by atoms with Gasteiger partial charge in [-0.3, -0.25) is 14.5 Å². The molecule has 5 nitrogen and oxygen atoms in total. The number of furan rings is 1. The zero-order valence-electron chi connectivity index (χ0n) is 17.4. The van der Waals surface area contributed by atoms with Crippen LogP contribution in [0.25, 0.3) is 0 Å². The molecule has 3 aromatic rings. The van der Waals surface area contributed by atoms with Crippen molar-refractivity contribution in [1.82, 2.24) is 0 Å². The van der Waals surface area contributed by atoms with Gasteiger partial charge in [0.1, 0.15) is 11.8 Å². The lowest BCUT2D eigenvalue weighted by atomic mass is 9.79. The van der Waals surface area contributed by atoms with E-state index < -0.39 is 6.04 Å². The molecule has 2 heterocycles. The van der Waals surface area contributed by atoms with Crippen LogP contribution in [-0.4, -0.2) is 11.7 Å². The molecule has 1 aromatic heterocycles. The minimum Gasteiger partial charge on any atom is -0.467 e. The summed E-state index contributed by atoms with van der Waals surface area (Å²) in [5.74, 6) is 0.685. The van der Waals surface area contributed by atoms with E-state index in [1.807, 2.05) is 55.5 Å². The fourth-order valence-corrected chi connectivity index (χ4v) is 4.71. The van der Waals surface area contributed by atoms with E-state index >= 15 is 0 Å². The number of carbonyl (C=O) groups excluding carboxylic acids is 2. The average Bonchev–Trinajstić information content (AvgIpc) is 3.28. The maximum atomic E-state index is 13.6.